The summed E-state index contributed by atoms with van der Waals surface area (Å²) in [4.78, 5) is 29.8. The second kappa shape index (κ2) is 9.00. The Labute approximate surface area is 173 Å². The van der Waals surface area contributed by atoms with Crippen molar-refractivity contribution >= 4 is 46.8 Å². The first kappa shape index (κ1) is 20.1. The van der Waals surface area contributed by atoms with Crippen molar-refractivity contribution in [2.45, 2.75) is 11.8 Å². The fourth-order valence-electron chi connectivity index (χ4n) is 2.97. The highest BCUT2D eigenvalue weighted by Crippen LogP contribution is 2.23. The summed E-state index contributed by atoms with van der Waals surface area (Å²) in [5, 5.41) is 0.876. The van der Waals surface area contributed by atoms with Gasteiger partial charge in [0.2, 0.25) is 5.91 Å². The van der Waals surface area contributed by atoms with E-state index in [0.29, 0.717) is 47.5 Å². The Morgan fingerprint density at radius 2 is 1.56 bits per heavy atom. The topological polar surface area (TPSA) is 40.6 Å². The molecule has 3 rings (SSSR count). The van der Waals surface area contributed by atoms with Gasteiger partial charge in [-0.2, -0.15) is 0 Å². The fraction of sp³-hybridized carbons (Fsp3) is 0.300. The molecular formula is C20H20Cl2N2O2S. The smallest absolute Gasteiger partial charge is 0.254 e. The third-order valence-corrected chi connectivity index (χ3v) is 6.07. The van der Waals surface area contributed by atoms with Crippen molar-refractivity contribution < 1.29 is 9.59 Å². The lowest BCUT2D eigenvalue weighted by atomic mass is 10.2. The molecule has 0 aromatic heterocycles. The van der Waals surface area contributed by atoms with Crippen LogP contribution in [0.2, 0.25) is 10.0 Å². The predicted molar refractivity (Wildman–Crippen MR) is 111 cm³/mol. The van der Waals surface area contributed by atoms with Gasteiger partial charge in [0.1, 0.15) is 0 Å². The van der Waals surface area contributed by atoms with Crippen LogP contribution in [0.3, 0.4) is 0 Å². The normalized spacial score (nSPS) is 14.3. The number of carbonyl (C=O) groups excluding carboxylic acids is 2. The first-order valence-corrected chi connectivity index (χ1v) is 10.4. The van der Waals surface area contributed by atoms with Gasteiger partial charge in [-0.1, -0.05) is 41.4 Å². The molecule has 0 N–H and O–H groups in total. The van der Waals surface area contributed by atoms with Crippen molar-refractivity contribution in [1.82, 2.24) is 9.80 Å². The van der Waals surface area contributed by atoms with Crippen molar-refractivity contribution in [1.29, 1.82) is 0 Å². The van der Waals surface area contributed by atoms with Crippen molar-refractivity contribution in [3.63, 3.8) is 0 Å². The Morgan fingerprint density at radius 1 is 0.963 bits per heavy atom. The number of carbonyl (C=O) groups is 2. The van der Waals surface area contributed by atoms with Gasteiger partial charge in [0, 0.05) is 46.7 Å². The molecule has 0 radical (unpaired) electrons. The van der Waals surface area contributed by atoms with Gasteiger partial charge in [-0.15, -0.1) is 11.8 Å². The molecule has 2 aromatic carbocycles. The Bertz CT molecular complexity index is 831. The zero-order valence-corrected chi connectivity index (χ0v) is 17.3. The van der Waals surface area contributed by atoms with Crippen LogP contribution in [-0.4, -0.2) is 53.5 Å². The summed E-state index contributed by atoms with van der Waals surface area (Å²) in [5.41, 5.74) is 1.65. The maximum absolute atomic E-state index is 12.6. The van der Waals surface area contributed by atoms with Gasteiger partial charge in [0.25, 0.3) is 5.91 Å². The maximum Gasteiger partial charge on any atom is 0.254 e. The zero-order chi connectivity index (χ0) is 19.4. The third kappa shape index (κ3) is 5.18. The number of hydrogen-bond donors (Lipinski definition) is 0. The number of piperazine rings is 1. The van der Waals surface area contributed by atoms with Gasteiger partial charge >= 0.3 is 0 Å². The molecule has 2 amide bonds. The minimum atomic E-state index is -0.110. The highest BCUT2D eigenvalue weighted by Gasteiger charge is 2.25. The number of halogens is 2. The average Bonchev–Trinajstić information content (AvgIpc) is 2.66. The molecule has 0 aliphatic carbocycles. The molecule has 2 aromatic rings. The summed E-state index contributed by atoms with van der Waals surface area (Å²) in [6.07, 6.45) is 0. The molecule has 1 saturated heterocycles. The van der Waals surface area contributed by atoms with Crippen molar-refractivity contribution in [3.05, 3.63) is 63.6 Å². The van der Waals surface area contributed by atoms with Crippen molar-refractivity contribution in [2.75, 3.05) is 31.9 Å². The third-order valence-electron chi connectivity index (χ3n) is 4.47. The van der Waals surface area contributed by atoms with E-state index in [1.807, 2.05) is 36.1 Å². The molecule has 7 heteroatoms. The summed E-state index contributed by atoms with van der Waals surface area (Å²) >= 11 is 13.5. The largest absolute Gasteiger partial charge is 0.338 e. The molecule has 1 heterocycles. The first-order valence-electron chi connectivity index (χ1n) is 8.65. The Hall–Kier alpha value is -1.69. The van der Waals surface area contributed by atoms with Crippen molar-refractivity contribution in [3.8, 4) is 0 Å². The Morgan fingerprint density at radius 3 is 2.19 bits per heavy atom. The molecule has 142 valence electrons. The first-order chi connectivity index (χ1) is 12.9. The lowest BCUT2D eigenvalue weighted by Gasteiger charge is -2.35. The molecule has 0 saturated carbocycles. The molecule has 1 fully saturated rings. The molecule has 0 atom stereocenters. The van der Waals surface area contributed by atoms with Crippen LogP contribution >= 0.6 is 35.0 Å². The minimum Gasteiger partial charge on any atom is -0.338 e. The fourth-order valence-corrected chi connectivity index (χ4v) is 4.43. The molecule has 1 aliphatic heterocycles. The minimum absolute atomic E-state index is 0.0983. The van der Waals surface area contributed by atoms with Crippen LogP contribution in [0.1, 0.15) is 15.9 Å². The lowest BCUT2D eigenvalue weighted by molar-refractivity contribution is -0.129. The number of nitrogens with zero attached hydrogens (tertiary/aromatic N) is 2. The summed E-state index contributed by atoms with van der Waals surface area (Å²) in [6, 6.07) is 12.9. The van der Waals surface area contributed by atoms with Crippen LogP contribution in [0.4, 0.5) is 0 Å². The molecular weight excluding hydrogens is 403 g/mol. The molecule has 0 spiro atoms. The van der Waals surface area contributed by atoms with Gasteiger partial charge in [-0.3, -0.25) is 9.59 Å². The number of rotatable bonds is 4. The number of aryl methyl sites for hydroxylation is 1. The van der Waals surface area contributed by atoms with Gasteiger partial charge in [0.15, 0.2) is 0 Å². The highest BCUT2D eigenvalue weighted by molar-refractivity contribution is 8.00. The number of thioether (sulfide) groups is 1. The lowest BCUT2D eigenvalue weighted by Crippen LogP contribution is -2.51. The molecule has 0 bridgehead atoms. The van der Waals surface area contributed by atoms with Crippen LogP contribution in [-0.2, 0) is 4.79 Å². The summed E-state index contributed by atoms with van der Waals surface area (Å²) < 4.78 is 0. The second-order valence-corrected chi connectivity index (χ2v) is 8.28. The Balaban J connectivity index is 1.53. The number of benzene rings is 2. The van der Waals surface area contributed by atoms with E-state index in [4.69, 9.17) is 23.2 Å². The summed E-state index contributed by atoms with van der Waals surface area (Å²) in [5.74, 6) is 0.393. The summed E-state index contributed by atoms with van der Waals surface area (Å²) in [6.45, 7) is 4.12. The quantitative estimate of drug-likeness (QED) is 0.686. The van der Waals surface area contributed by atoms with E-state index < -0.39 is 0 Å². The van der Waals surface area contributed by atoms with Gasteiger partial charge in [-0.25, -0.2) is 0 Å². The molecule has 4 nitrogen and oxygen atoms in total. The maximum atomic E-state index is 12.6. The predicted octanol–water partition coefficient (Wildman–Crippen LogP) is 4.38. The van der Waals surface area contributed by atoms with E-state index in [1.54, 1.807) is 34.9 Å². The van der Waals surface area contributed by atoms with Crippen LogP contribution in [0.15, 0.2) is 47.4 Å². The van der Waals surface area contributed by atoms with Crippen molar-refractivity contribution in [2.24, 2.45) is 0 Å². The Kier molecular flexibility index (Phi) is 6.68. The van der Waals surface area contributed by atoms with E-state index in [1.165, 1.54) is 5.56 Å². The van der Waals surface area contributed by atoms with Crippen LogP contribution in [0.5, 0.6) is 0 Å². The molecule has 1 aliphatic rings. The van der Waals surface area contributed by atoms with E-state index >= 15 is 0 Å². The molecule has 0 unspecified atom stereocenters. The highest BCUT2D eigenvalue weighted by atomic mass is 35.5. The zero-order valence-electron chi connectivity index (χ0n) is 15.0. The van der Waals surface area contributed by atoms with E-state index in [-0.39, 0.29) is 11.8 Å². The number of hydrogen-bond acceptors (Lipinski definition) is 3. The SMILES string of the molecule is Cc1ccccc1SCC(=O)N1CCN(C(=O)c2cc(Cl)cc(Cl)c2)CC1. The number of amides is 2. The van der Waals surface area contributed by atoms with E-state index in [2.05, 4.69) is 0 Å². The molecule has 27 heavy (non-hydrogen) atoms. The van der Waals surface area contributed by atoms with E-state index in [0.717, 1.165) is 4.90 Å². The van der Waals surface area contributed by atoms with Gasteiger partial charge in [0.05, 0.1) is 5.75 Å². The van der Waals surface area contributed by atoms with Gasteiger partial charge < -0.3 is 9.80 Å². The van der Waals surface area contributed by atoms with Gasteiger partial charge in [-0.05, 0) is 36.8 Å². The van der Waals surface area contributed by atoms with E-state index in [9.17, 15) is 9.59 Å². The van der Waals surface area contributed by atoms with Crippen LogP contribution < -0.4 is 0 Å². The standard InChI is InChI=1S/C20H20Cl2N2O2S/c1-14-4-2-3-5-18(14)27-13-19(25)23-6-8-24(9-7-23)20(26)15-10-16(21)12-17(22)11-15/h2-5,10-12H,6-9,13H2,1H3. The summed E-state index contributed by atoms with van der Waals surface area (Å²) in [7, 11) is 0. The van der Waals surface area contributed by atoms with Crippen LogP contribution in [0, 0.1) is 6.92 Å². The second-order valence-electron chi connectivity index (χ2n) is 6.39. The van der Waals surface area contributed by atoms with Crippen LogP contribution in [0.25, 0.3) is 0 Å². The average molecular weight is 423 g/mol. The monoisotopic (exact) mass is 422 g/mol.